The van der Waals surface area contributed by atoms with Gasteiger partial charge in [-0.1, -0.05) is 5.21 Å². The molecule has 1 rings (SSSR count). The Hall–Kier alpha value is -2.45. The van der Waals surface area contributed by atoms with E-state index in [4.69, 9.17) is 0 Å². The molecule has 0 saturated carbocycles. The van der Waals surface area contributed by atoms with Crippen molar-refractivity contribution in [1.29, 1.82) is 0 Å². The highest BCUT2D eigenvalue weighted by Gasteiger charge is 2.27. The van der Waals surface area contributed by atoms with Gasteiger partial charge in [-0.05, 0) is 6.92 Å². The molecule has 0 aliphatic carbocycles. The van der Waals surface area contributed by atoms with E-state index >= 15 is 0 Å². The molecular weight excluding hydrogens is 268 g/mol. The highest BCUT2D eigenvalue weighted by atomic mass is 16.5. The molecule has 20 heavy (non-hydrogen) atoms. The van der Waals surface area contributed by atoms with Crippen LogP contribution in [0.25, 0.3) is 0 Å². The van der Waals surface area contributed by atoms with Gasteiger partial charge in [0.25, 0.3) is 0 Å². The molecule has 0 aromatic carbocycles. The first kappa shape index (κ1) is 15.6. The maximum atomic E-state index is 11.6. The van der Waals surface area contributed by atoms with Crippen molar-refractivity contribution in [2.75, 3.05) is 21.3 Å². The molecule has 1 aromatic rings. The molecular formula is C11H16N4O5. The average molecular weight is 284 g/mol. The second-order valence-electron chi connectivity index (χ2n) is 3.86. The standard InChI is InChI=1S/C11H16N4O5/c1-6(10(17)12-2)15-7(5-8(16)19-3)9(13-14-15)11(18)20-4/h6H,5H2,1-4H3,(H,12,17). The fraction of sp³-hybridized carbons (Fsp3) is 0.545. The number of amides is 1. The van der Waals surface area contributed by atoms with Crippen LogP contribution in [-0.2, 0) is 25.5 Å². The van der Waals surface area contributed by atoms with E-state index in [1.807, 2.05) is 0 Å². The second-order valence-corrected chi connectivity index (χ2v) is 3.86. The third-order valence-corrected chi connectivity index (χ3v) is 2.70. The van der Waals surface area contributed by atoms with Gasteiger partial charge >= 0.3 is 11.9 Å². The van der Waals surface area contributed by atoms with Gasteiger partial charge in [0, 0.05) is 7.05 Å². The fourth-order valence-corrected chi connectivity index (χ4v) is 1.57. The lowest BCUT2D eigenvalue weighted by Crippen LogP contribution is -2.30. The van der Waals surface area contributed by atoms with Crippen molar-refractivity contribution in [2.45, 2.75) is 19.4 Å². The summed E-state index contributed by atoms with van der Waals surface area (Å²) < 4.78 is 10.3. The van der Waals surface area contributed by atoms with E-state index in [0.29, 0.717) is 0 Å². The van der Waals surface area contributed by atoms with Gasteiger partial charge in [-0.25, -0.2) is 9.48 Å². The van der Waals surface area contributed by atoms with Crippen LogP contribution >= 0.6 is 0 Å². The Morgan fingerprint density at radius 2 is 1.95 bits per heavy atom. The van der Waals surface area contributed by atoms with Crippen LogP contribution in [0, 0.1) is 0 Å². The number of aromatic nitrogens is 3. The SMILES string of the molecule is CNC(=O)C(C)n1nnc(C(=O)OC)c1CC(=O)OC. The average Bonchev–Trinajstić information content (AvgIpc) is 2.87. The Labute approximate surface area is 115 Å². The van der Waals surface area contributed by atoms with Crippen molar-refractivity contribution in [3.63, 3.8) is 0 Å². The van der Waals surface area contributed by atoms with Gasteiger partial charge in [-0.2, -0.15) is 0 Å². The maximum Gasteiger partial charge on any atom is 0.360 e. The minimum Gasteiger partial charge on any atom is -0.469 e. The Balaban J connectivity index is 3.23. The van der Waals surface area contributed by atoms with Crippen LogP contribution in [0.4, 0.5) is 0 Å². The molecule has 1 atom stereocenters. The predicted octanol–water partition coefficient (Wildman–Crippen LogP) is -0.913. The highest BCUT2D eigenvalue weighted by molar-refractivity contribution is 5.90. The molecule has 0 radical (unpaired) electrons. The molecule has 9 heteroatoms. The van der Waals surface area contributed by atoms with Crippen LogP contribution in [0.2, 0.25) is 0 Å². The van der Waals surface area contributed by atoms with E-state index in [1.165, 1.54) is 25.9 Å². The number of nitrogens with zero attached hydrogens (tertiary/aromatic N) is 3. The second kappa shape index (κ2) is 6.64. The quantitative estimate of drug-likeness (QED) is 0.696. The lowest BCUT2D eigenvalue weighted by Gasteiger charge is -2.13. The summed E-state index contributed by atoms with van der Waals surface area (Å²) in [5, 5.41) is 9.85. The molecule has 110 valence electrons. The number of nitrogens with one attached hydrogen (secondary N) is 1. The molecule has 1 unspecified atom stereocenters. The maximum absolute atomic E-state index is 11.6. The van der Waals surface area contributed by atoms with Crippen LogP contribution in [-0.4, -0.2) is 54.1 Å². The number of rotatable bonds is 5. The summed E-state index contributed by atoms with van der Waals surface area (Å²) in [5.41, 5.74) is 0.0495. The predicted molar refractivity (Wildman–Crippen MR) is 65.9 cm³/mol. The molecule has 0 saturated heterocycles. The molecule has 0 aliphatic heterocycles. The molecule has 0 aliphatic rings. The molecule has 0 bridgehead atoms. The summed E-state index contributed by atoms with van der Waals surface area (Å²) in [6.45, 7) is 1.56. The Kier molecular flexibility index (Phi) is 5.18. The molecule has 0 spiro atoms. The summed E-state index contributed by atoms with van der Waals surface area (Å²) in [5.74, 6) is -1.65. The summed E-state index contributed by atoms with van der Waals surface area (Å²) >= 11 is 0. The van der Waals surface area contributed by atoms with Gasteiger partial charge in [0.15, 0.2) is 5.69 Å². The first-order chi connectivity index (χ1) is 9.46. The monoisotopic (exact) mass is 284 g/mol. The number of hydrogen-bond donors (Lipinski definition) is 1. The summed E-state index contributed by atoms with van der Waals surface area (Å²) in [7, 11) is 3.87. The minimum atomic E-state index is -0.737. The van der Waals surface area contributed by atoms with Crippen LogP contribution in [0.5, 0.6) is 0 Å². The van der Waals surface area contributed by atoms with Crippen molar-refractivity contribution in [1.82, 2.24) is 20.3 Å². The summed E-state index contributed by atoms with van der Waals surface area (Å²) in [4.78, 5) is 34.6. The van der Waals surface area contributed by atoms with Crippen molar-refractivity contribution in [3.05, 3.63) is 11.4 Å². The lowest BCUT2D eigenvalue weighted by molar-refractivity contribution is -0.140. The minimum absolute atomic E-state index is 0.117. The van der Waals surface area contributed by atoms with E-state index < -0.39 is 18.0 Å². The van der Waals surface area contributed by atoms with Crippen LogP contribution in [0.3, 0.4) is 0 Å². The summed E-state index contributed by atoms with van der Waals surface area (Å²) in [6.07, 6.45) is -0.241. The van der Waals surface area contributed by atoms with E-state index in [2.05, 4.69) is 25.1 Å². The van der Waals surface area contributed by atoms with Crippen molar-refractivity contribution < 1.29 is 23.9 Å². The van der Waals surface area contributed by atoms with Gasteiger partial charge in [-0.3, -0.25) is 9.59 Å². The molecule has 1 aromatic heterocycles. The molecule has 1 heterocycles. The molecule has 9 nitrogen and oxygen atoms in total. The van der Waals surface area contributed by atoms with Gasteiger partial charge in [0.1, 0.15) is 6.04 Å². The largest absolute Gasteiger partial charge is 0.469 e. The molecule has 0 fully saturated rings. The van der Waals surface area contributed by atoms with Crippen molar-refractivity contribution in [2.24, 2.45) is 0 Å². The smallest absolute Gasteiger partial charge is 0.360 e. The van der Waals surface area contributed by atoms with E-state index in [-0.39, 0.29) is 23.7 Å². The van der Waals surface area contributed by atoms with E-state index in [1.54, 1.807) is 6.92 Å². The third kappa shape index (κ3) is 3.11. The normalized spacial score (nSPS) is 11.6. The van der Waals surface area contributed by atoms with Gasteiger partial charge in [0.2, 0.25) is 5.91 Å². The van der Waals surface area contributed by atoms with Crippen LogP contribution < -0.4 is 5.32 Å². The third-order valence-electron chi connectivity index (χ3n) is 2.70. The van der Waals surface area contributed by atoms with E-state index in [0.717, 1.165) is 0 Å². The Morgan fingerprint density at radius 1 is 1.30 bits per heavy atom. The Morgan fingerprint density at radius 3 is 2.45 bits per heavy atom. The number of esters is 2. The number of likely N-dealkylation sites (N-methyl/N-ethyl adjacent to an activating group) is 1. The lowest BCUT2D eigenvalue weighted by atomic mass is 10.2. The first-order valence-electron chi connectivity index (χ1n) is 5.77. The highest BCUT2D eigenvalue weighted by Crippen LogP contribution is 2.14. The zero-order valence-electron chi connectivity index (χ0n) is 11.7. The number of carbonyl (C=O) groups is 3. The van der Waals surface area contributed by atoms with Gasteiger partial charge in [-0.15, -0.1) is 5.10 Å². The molecule has 1 N–H and O–H groups in total. The number of carbonyl (C=O) groups excluding carboxylic acids is 3. The van der Waals surface area contributed by atoms with Crippen LogP contribution in [0.1, 0.15) is 29.1 Å². The van der Waals surface area contributed by atoms with Gasteiger partial charge in [0.05, 0.1) is 26.3 Å². The number of hydrogen-bond acceptors (Lipinski definition) is 7. The van der Waals surface area contributed by atoms with Crippen LogP contribution in [0.15, 0.2) is 0 Å². The Bertz CT molecular complexity index is 525. The zero-order chi connectivity index (χ0) is 15.3. The zero-order valence-corrected chi connectivity index (χ0v) is 11.7. The topological polar surface area (TPSA) is 112 Å². The van der Waals surface area contributed by atoms with Crippen molar-refractivity contribution in [3.8, 4) is 0 Å². The van der Waals surface area contributed by atoms with Crippen molar-refractivity contribution >= 4 is 17.8 Å². The summed E-state index contributed by atoms with van der Waals surface area (Å²) in [6, 6.07) is -0.731. The number of methoxy groups -OCH3 is 2. The molecule has 1 amide bonds. The fourth-order valence-electron chi connectivity index (χ4n) is 1.57. The van der Waals surface area contributed by atoms with E-state index in [9.17, 15) is 14.4 Å². The van der Waals surface area contributed by atoms with Gasteiger partial charge < -0.3 is 14.8 Å². The first-order valence-corrected chi connectivity index (χ1v) is 5.77. The number of ether oxygens (including phenoxy) is 2.